The molecule has 3 nitrogen and oxygen atoms in total. The van der Waals surface area contributed by atoms with Gasteiger partial charge in [-0.1, -0.05) is 0 Å². The fourth-order valence-electron chi connectivity index (χ4n) is 1.35. The average Bonchev–Trinajstić information content (AvgIpc) is 2.65. The zero-order chi connectivity index (χ0) is 10.8. The highest BCUT2D eigenvalue weighted by Gasteiger charge is 1.99. The largest absolute Gasteiger partial charge is 0.378 e. The van der Waals surface area contributed by atoms with Gasteiger partial charge in [-0.2, -0.15) is 5.10 Å². The minimum absolute atomic E-state index is 0.985. The number of rotatable bonds is 2. The third kappa shape index (κ3) is 2.21. The van der Waals surface area contributed by atoms with Crippen LogP contribution < -0.4 is 4.90 Å². The average molecular weight is 266 g/mol. The molecule has 0 fully saturated rings. The molecule has 0 spiro atoms. The van der Waals surface area contributed by atoms with Crippen LogP contribution in [0, 0.1) is 0 Å². The molecule has 4 heteroatoms. The molecule has 0 radical (unpaired) electrons. The Hall–Kier alpha value is -1.29. The summed E-state index contributed by atoms with van der Waals surface area (Å²) in [6.07, 6.45) is 3.71. The Labute approximate surface area is 97.5 Å². The molecule has 1 heterocycles. The third-order valence-corrected chi connectivity index (χ3v) is 2.59. The Kier molecular flexibility index (Phi) is 2.77. The number of nitrogens with zero attached hydrogens (tertiary/aromatic N) is 3. The fourth-order valence-corrected chi connectivity index (χ4v) is 1.63. The second kappa shape index (κ2) is 4.06. The van der Waals surface area contributed by atoms with Crippen molar-refractivity contribution < 1.29 is 0 Å². The van der Waals surface area contributed by atoms with Gasteiger partial charge in [0.15, 0.2) is 0 Å². The highest BCUT2D eigenvalue weighted by atomic mass is 79.9. The minimum atomic E-state index is 0.985. The third-order valence-electron chi connectivity index (χ3n) is 2.18. The molecule has 1 aromatic carbocycles. The smallest absolute Gasteiger partial charge is 0.0647 e. The van der Waals surface area contributed by atoms with Gasteiger partial charge in [-0.05, 0) is 40.2 Å². The molecule has 15 heavy (non-hydrogen) atoms. The molecular weight excluding hydrogens is 254 g/mol. The number of benzene rings is 1. The Morgan fingerprint density at radius 3 is 2.33 bits per heavy atom. The second-order valence-corrected chi connectivity index (χ2v) is 4.43. The van der Waals surface area contributed by atoms with E-state index in [1.165, 1.54) is 5.69 Å². The molecule has 0 aliphatic carbocycles. The quantitative estimate of drug-likeness (QED) is 0.833. The van der Waals surface area contributed by atoms with E-state index in [1.807, 2.05) is 25.0 Å². The van der Waals surface area contributed by atoms with E-state index in [2.05, 4.69) is 50.2 Å². The van der Waals surface area contributed by atoms with E-state index in [9.17, 15) is 0 Å². The SMILES string of the molecule is CN(C)c1ccc(-n2cc(Br)cn2)cc1. The summed E-state index contributed by atoms with van der Waals surface area (Å²) in [6.45, 7) is 0. The van der Waals surface area contributed by atoms with Gasteiger partial charge in [-0.15, -0.1) is 0 Å². The van der Waals surface area contributed by atoms with Gasteiger partial charge in [0.25, 0.3) is 0 Å². The maximum atomic E-state index is 4.22. The number of halogens is 1. The summed E-state index contributed by atoms with van der Waals surface area (Å²) in [5.74, 6) is 0. The molecule has 0 N–H and O–H groups in total. The van der Waals surface area contributed by atoms with Crippen molar-refractivity contribution in [3.63, 3.8) is 0 Å². The number of hydrogen-bond donors (Lipinski definition) is 0. The molecule has 0 amide bonds. The normalized spacial score (nSPS) is 10.3. The molecule has 0 saturated carbocycles. The molecule has 2 rings (SSSR count). The van der Waals surface area contributed by atoms with Crippen LogP contribution in [0.3, 0.4) is 0 Å². The molecule has 0 saturated heterocycles. The van der Waals surface area contributed by atoms with E-state index in [0.717, 1.165) is 10.2 Å². The molecule has 0 aliphatic heterocycles. The molecule has 1 aromatic heterocycles. The van der Waals surface area contributed by atoms with Gasteiger partial charge in [0, 0.05) is 26.0 Å². The Morgan fingerprint density at radius 2 is 1.87 bits per heavy atom. The van der Waals surface area contributed by atoms with E-state index in [0.29, 0.717) is 0 Å². The van der Waals surface area contributed by atoms with E-state index in [4.69, 9.17) is 0 Å². The molecular formula is C11H12BrN3. The summed E-state index contributed by atoms with van der Waals surface area (Å²) in [6, 6.07) is 8.25. The summed E-state index contributed by atoms with van der Waals surface area (Å²) in [7, 11) is 4.05. The molecule has 0 atom stereocenters. The van der Waals surface area contributed by atoms with Crippen LogP contribution in [0.5, 0.6) is 0 Å². The van der Waals surface area contributed by atoms with Crippen LogP contribution in [0.15, 0.2) is 41.1 Å². The van der Waals surface area contributed by atoms with E-state index in [1.54, 1.807) is 6.20 Å². The van der Waals surface area contributed by atoms with Gasteiger partial charge in [-0.3, -0.25) is 0 Å². The Morgan fingerprint density at radius 1 is 1.20 bits per heavy atom. The summed E-state index contributed by atoms with van der Waals surface area (Å²) >= 11 is 3.38. The Balaban J connectivity index is 2.31. The molecule has 0 unspecified atom stereocenters. The van der Waals surface area contributed by atoms with Crippen molar-refractivity contribution in [2.45, 2.75) is 0 Å². The van der Waals surface area contributed by atoms with Crippen molar-refractivity contribution in [2.24, 2.45) is 0 Å². The van der Waals surface area contributed by atoms with Crippen molar-refractivity contribution >= 4 is 21.6 Å². The first-order valence-corrected chi connectivity index (χ1v) is 5.44. The highest BCUT2D eigenvalue weighted by molar-refractivity contribution is 9.10. The van der Waals surface area contributed by atoms with E-state index < -0.39 is 0 Å². The topological polar surface area (TPSA) is 21.1 Å². The first-order valence-electron chi connectivity index (χ1n) is 4.65. The number of anilines is 1. The summed E-state index contributed by atoms with van der Waals surface area (Å²) in [4.78, 5) is 2.07. The first-order chi connectivity index (χ1) is 7.16. The van der Waals surface area contributed by atoms with Gasteiger partial charge in [0.05, 0.1) is 16.4 Å². The number of aromatic nitrogens is 2. The molecule has 0 aliphatic rings. The van der Waals surface area contributed by atoms with Gasteiger partial charge in [-0.25, -0.2) is 4.68 Å². The van der Waals surface area contributed by atoms with Gasteiger partial charge in [0.2, 0.25) is 0 Å². The first kappa shape index (κ1) is 10.2. The standard InChI is InChI=1S/C11H12BrN3/c1-14(2)10-3-5-11(6-4-10)15-8-9(12)7-13-15/h3-8H,1-2H3. The monoisotopic (exact) mass is 265 g/mol. The summed E-state index contributed by atoms with van der Waals surface area (Å²) < 4.78 is 2.82. The van der Waals surface area contributed by atoms with Gasteiger partial charge < -0.3 is 4.90 Å². The van der Waals surface area contributed by atoms with Crippen LogP contribution in [-0.2, 0) is 0 Å². The lowest BCUT2D eigenvalue weighted by Crippen LogP contribution is -2.08. The van der Waals surface area contributed by atoms with Crippen LogP contribution in [0.1, 0.15) is 0 Å². The van der Waals surface area contributed by atoms with Crippen molar-refractivity contribution in [2.75, 3.05) is 19.0 Å². The second-order valence-electron chi connectivity index (χ2n) is 3.51. The van der Waals surface area contributed by atoms with Crippen LogP contribution in [0.25, 0.3) is 5.69 Å². The highest BCUT2D eigenvalue weighted by Crippen LogP contribution is 2.16. The zero-order valence-corrected chi connectivity index (χ0v) is 10.3. The van der Waals surface area contributed by atoms with E-state index >= 15 is 0 Å². The summed E-state index contributed by atoms with van der Waals surface area (Å²) in [5.41, 5.74) is 2.25. The fraction of sp³-hybridized carbons (Fsp3) is 0.182. The predicted molar refractivity (Wildman–Crippen MR) is 65.6 cm³/mol. The lowest BCUT2D eigenvalue weighted by atomic mass is 10.2. The molecule has 78 valence electrons. The lowest BCUT2D eigenvalue weighted by Gasteiger charge is -2.12. The number of hydrogen-bond acceptors (Lipinski definition) is 2. The van der Waals surface area contributed by atoms with Crippen molar-refractivity contribution in [3.05, 3.63) is 41.1 Å². The zero-order valence-electron chi connectivity index (χ0n) is 8.68. The Bertz CT molecular complexity index is 445. The lowest BCUT2D eigenvalue weighted by molar-refractivity contribution is 0.880. The van der Waals surface area contributed by atoms with Crippen LogP contribution in [0.4, 0.5) is 5.69 Å². The maximum absolute atomic E-state index is 4.22. The van der Waals surface area contributed by atoms with Crippen molar-refractivity contribution in [1.82, 2.24) is 9.78 Å². The van der Waals surface area contributed by atoms with E-state index in [-0.39, 0.29) is 0 Å². The summed E-state index contributed by atoms with van der Waals surface area (Å²) in [5, 5.41) is 4.22. The van der Waals surface area contributed by atoms with Crippen LogP contribution in [0.2, 0.25) is 0 Å². The maximum Gasteiger partial charge on any atom is 0.0647 e. The van der Waals surface area contributed by atoms with Gasteiger partial charge >= 0.3 is 0 Å². The predicted octanol–water partition coefficient (Wildman–Crippen LogP) is 2.70. The van der Waals surface area contributed by atoms with Crippen LogP contribution >= 0.6 is 15.9 Å². The van der Waals surface area contributed by atoms with Gasteiger partial charge in [0.1, 0.15) is 0 Å². The molecule has 0 bridgehead atoms. The van der Waals surface area contributed by atoms with Crippen LogP contribution in [-0.4, -0.2) is 23.9 Å². The molecule has 2 aromatic rings. The minimum Gasteiger partial charge on any atom is -0.378 e. The van der Waals surface area contributed by atoms with Crippen molar-refractivity contribution in [3.8, 4) is 5.69 Å². The van der Waals surface area contributed by atoms with Crippen molar-refractivity contribution in [1.29, 1.82) is 0 Å².